The van der Waals surface area contributed by atoms with Gasteiger partial charge in [0.1, 0.15) is 11.3 Å². The van der Waals surface area contributed by atoms with Crippen LogP contribution in [0.15, 0.2) is 42.5 Å². The van der Waals surface area contributed by atoms with Gasteiger partial charge < -0.3 is 24.0 Å². The zero-order chi connectivity index (χ0) is 25.3. The molecule has 1 atom stereocenters. The van der Waals surface area contributed by atoms with Gasteiger partial charge in [-0.05, 0) is 67.0 Å². The molecule has 1 spiro atoms. The summed E-state index contributed by atoms with van der Waals surface area (Å²) in [4.78, 5) is 31.9. The Morgan fingerprint density at radius 2 is 1.69 bits per heavy atom. The van der Waals surface area contributed by atoms with Gasteiger partial charge in [0.05, 0.1) is 7.11 Å². The smallest absolute Gasteiger partial charge is 0.327 e. The third-order valence-corrected chi connectivity index (χ3v) is 7.79. The number of benzene rings is 2. The number of piperidine rings is 1. The Hall–Kier alpha value is -3.26. The lowest BCUT2D eigenvalue weighted by molar-refractivity contribution is -0.134. The van der Waals surface area contributed by atoms with Crippen molar-refractivity contribution < 1.29 is 23.8 Å². The first-order valence-electron chi connectivity index (χ1n) is 12.7. The van der Waals surface area contributed by atoms with E-state index in [1.54, 1.807) is 14.2 Å². The van der Waals surface area contributed by atoms with Crippen LogP contribution in [-0.4, -0.2) is 79.3 Å². The summed E-state index contributed by atoms with van der Waals surface area (Å²) in [7, 11) is 3.26. The summed E-state index contributed by atoms with van der Waals surface area (Å²) in [5.41, 5.74) is 1.63. The molecule has 2 saturated heterocycles. The van der Waals surface area contributed by atoms with E-state index in [2.05, 4.69) is 24.0 Å². The minimum Gasteiger partial charge on any atom is -0.497 e. The number of carbonyl (C=O) groups is 2. The molecule has 3 amide bonds. The van der Waals surface area contributed by atoms with E-state index in [0.717, 1.165) is 48.9 Å². The molecule has 0 radical (unpaired) electrons. The molecule has 3 aliphatic rings. The molecule has 0 aliphatic carbocycles. The van der Waals surface area contributed by atoms with Crippen molar-refractivity contribution >= 4 is 11.9 Å². The van der Waals surface area contributed by atoms with Crippen molar-refractivity contribution in [3.63, 3.8) is 0 Å². The molecule has 0 aromatic heterocycles. The number of hydrogen-bond donors (Lipinski definition) is 0. The van der Waals surface area contributed by atoms with Crippen LogP contribution in [0.1, 0.15) is 30.9 Å². The number of likely N-dealkylation sites (tertiary alicyclic amines) is 1. The summed E-state index contributed by atoms with van der Waals surface area (Å²) >= 11 is 0. The van der Waals surface area contributed by atoms with Crippen molar-refractivity contribution in [2.75, 3.05) is 47.1 Å². The minimum absolute atomic E-state index is 0.0599. The van der Waals surface area contributed by atoms with Crippen LogP contribution in [0.4, 0.5) is 4.79 Å². The van der Waals surface area contributed by atoms with Crippen LogP contribution in [0.2, 0.25) is 0 Å². The quantitative estimate of drug-likeness (QED) is 0.524. The predicted molar refractivity (Wildman–Crippen MR) is 135 cm³/mol. The Balaban J connectivity index is 1.19. The Kier molecular flexibility index (Phi) is 6.79. The molecule has 2 aromatic rings. The first-order chi connectivity index (χ1) is 17.4. The molecule has 2 fully saturated rings. The van der Waals surface area contributed by atoms with Gasteiger partial charge in [-0.2, -0.15) is 0 Å². The molecule has 3 heterocycles. The van der Waals surface area contributed by atoms with E-state index in [-0.39, 0.29) is 18.7 Å². The van der Waals surface area contributed by atoms with Crippen molar-refractivity contribution in [1.29, 1.82) is 0 Å². The molecule has 0 bridgehead atoms. The highest BCUT2D eigenvalue weighted by molar-refractivity contribution is 6.06. The van der Waals surface area contributed by atoms with E-state index >= 15 is 0 Å². The van der Waals surface area contributed by atoms with Crippen molar-refractivity contribution in [2.24, 2.45) is 5.92 Å². The Labute approximate surface area is 212 Å². The lowest BCUT2D eigenvalue weighted by Gasteiger charge is -2.43. The summed E-state index contributed by atoms with van der Waals surface area (Å²) in [5.74, 6) is 2.83. The second-order valence-corrected chi connectivity index (χ2v) is 10.2. The number of imide groups is 1. The van der Waals surface area contributed by atoms with Gasteiger partial charge in [-0.25, -0.2) is 4.79 Å². The normalized spacial score (nSPS) is 19.9. The van der Waals surface area contributed by atoms with Gasteiger partial charge in [0, 0.05) is 33.2 Å². The number of nitrogens with zero attached hydrogens (tertiary/aromatic N) is 3. The number of fused-ring (bicyclic) bond motifs is 1. The summed E-state index contributed by atoms with van der Waals surface area (Å²) in [5, 5.41) is 0. The van der Waals surface area contributed by atoms with Gasteiger partial charge in [-0.1, -0.05) is 25.1 Å². The molecule has 36 heavy (non-hydrogen) atoms. The predicted octanol–water partition coefficient (Wildman–Crippen LogP) is 3.57. The fourth-order valence-electron chi connectivity index (χ4n) is 5.79. The molecular weight excluding hydrogens is 458 g/mol. The Morgan fingerprint density at radius 1 is 1.00 bits per heavy atom. The third-order valence-electron chi connectivity index (χ3n) is 7.79. The van der Waals surface area contributed by atoms with Crippen LogP contribution < -0.4 is 14.2 Å². The largest absolute Gasteiger partial charge is 0.497 e. The maximum atomic E-state index is 13.3. The van der Waals surface area contributed by atoms with E-state index < -0.39 is 5.54 Å². The molecule has 0 saturated carbocycles. The number of urea groups is 1. The standard InChI is InChI=1S/C28H35N3O5/c1-20(16-22-6-9-24-25(17-22)36-19-35-24)18-30-14-11-28(12-15-30)26(32)29(2)27(33)31(28)13-10-21-4-7-23(34-3)8-5-21/h4-9,17,20H,10-16,18-19H2,1-3H3/t20-/m1/s1. The molecule has 0 unspecified atom stereocenters. The van der Waals surface area contributed by atoms with E-state index in [9.17, 15) is 9.59 Å². The number of rotatable bonds is 8. The number of methoxy groups -OCH3 is 1. The second kappa shape index (κ2) is 10.0. The van der Waals surface area contributed by atoms with Crippen molar-refractivity contribution in [2.45, 2.75) is 38.1 Å². The Bertz CT molecular complexity index is 1110. The number of carbonyl (C=O) groups excluding carboxylic acids is 2. The SMILES string of the molecule is COc1ccc(CCN2C(=O)N(C)C(=O)C23CCN(C[C@H](C)Cc2ccc4c(c2)OCO4)CC3)cc1. The van der Waals surface area contributed by atoms with Crippen LogP contribution in [0, 0.1) is 5.92 Å². The molecule has 3 aliphatic heterocycles. The third kappa shape index (κ3) is 4.62. The highest BCUT2D eigenvalue weighted by atomic mass is 16.7. The zero-order valence-corrected chi connectivity index (χ0v) is 21.4. The van der Waals surface area contributed by atoms with Crippen LogP contribution in [0.5, 0.6) is 17.2 Å². The lowest BCUT2D eigenvalue weighted by Crippen LogP contribution is -2.57. The van der Waals surface area contributed by atoms with Gasteiger partial charge in [0.2, 0.25) is 6.79 Å². The van der Waals surface area contributed by atoms with Crippen LogP contribution in [-0.2, 0) is 17.6 Å². The topological polar surface area (TPSA) is 71.6 Å². The van der Waals surface area contributed by atoms with Crippen LogP contribution >= 0.6 is 0 Å². The lowest BCUT2D eigenvalue weighted by atomic mass is 9.85. The van der Waals surface area contributed by atoms with Gasteiger partial charge in [0.25, 0.3) is 5.91 Å². The van der Waals surface area contributed by atoms with Crippen molar-refractivity contribution in [3.8, 4) is 17.2 Å². The maximum absolute atomic E-state index is 13.3. The van der Waals surface area contributed by atoms with Crippen molar-refractivity contribution in [1.82, 2.24) is 14.7 Å². The minimum atomic E-state index is -0.727. The van der Waals surface area contributed by atoms with Crippen molar-refractivity contribution in [3.05, 3.63) is 53.6 Å². The van der Waals surface area contributed by atoms with Gasteiger partial charge in [-0.15, -0.1) is 0 Å². The van der Waals surface area contributed by atoms with Crippen LogP contribution in [0.3, 0.4) is 0 Å². The fraction of sp³-hybridized carbons (Fsp3) is 0.500. The molecule has 192 valence electrons. The maximum Gasteiger partial charge on any atom is 0.327 e. The van der Waals surface area contributed by atoms with Gasteiger partial charge in [-0.3, -0.25) is 9.69 Å². The number of likely N-dealkylation sites (N-methyl/N-ethyl adjacent to an activating group) is 1. The molecule has 8 nitrogen and oxygen atoms in total. The van der Waals surface area contributed by atoms with E-state index in [4.69, 9.17) is 14.2 Å². The summed E-state index contributed by atoms with van der Waals surface area (Å²) < 4.78 is 16.2. The first kappa shape index (κ1) is 24.4. The zero-order valence-electron chi connectivity index (χ0n) is 21.4. The highest BCUT2D eigenvalue weighted by Crippen LogP contribution is 2.37. The molecular formula is C28H35N3O5. The van der Waals surface area contributed by atoms with E-state index in [0.29, 0.717) is 31.7 Å². The molecule has 2 aromatic carbocycles. The number of hydrogen-bond acceptors (Lipinski definition) is 6. The summed E-state index contributed by atoms with van der Waals surface area (Å²) in [6.45, 7) is 5.64. The molecule has 0 N–H and O–H groups in total. The average Bonchev–Trinajstić information content (AvgIpc) is 3.42. The van der Waals surface area contributed by atoms with Gasteiger partial charge >= 0.3 is 6.03 Å². The van der Waals surface area contributed by atoms with Crippen LogP contribution in [0.25, 0.3) is 0 Å². The fourth-order valence-corrected chi connectivity index (χ4v) is 5.79. The van der Waals surface area contributed by atoms with E-state index in [1.165, 1.54) is 10.5 Å². The Morgan fingerprint density at radius 3 is 2.42 bits per heavy atom. The average molecular weight is 494 g/mol. The summed E-state index contributed by atoms with van der Waals surface area (Å²) in [6, 6.07) is 13.9. The summed E-state index contributed by atoms with van der Waals surface area (Å²) in [6.07, 6.45) is 2.99. The number of amides is 3. The van der Waals surface area contributed by atoms with Gasteiger partial charge in [0.15, 0.2) is 11.5 Å². The molecule has 5 rings (SSSR count). The first-order valence-corrected chi connectivity index (χ1v) is 12.7. The number of ether oxygens (including phenoxy) is 3. The highest BCUT2D eigenvalue weighted by Gasteiger charge is 2.56. The second-order valence-electron chi connectivity index (χ2n) is 10.2. The monoisotopic (exact) mass is 493 g/mol. The molecule has 8 heteroatoms. The van der Waals surface area contributed by atoms with E-state index in [1.807, 2.05) is 35.2 Å².